The molecule has 0 radical (unpaired) electrons. The lowest BCUT2D eigenvalue weighted by Crippen LogP contribution is -2.13. The number of benzene rings is 3. The van der Waals surface area contributed by atoms with E-state index >= 15 is 0 Å². The molecule has 0 saturated carbocycles. The minimum Gasteiger partial charge on any atom is -0.309 e. The van der Waals surface area contributed by atoms with Crippen LogP contribution in [0.2, 0.25) is 0 Å². The van der Waals surface area contributed by atoms with Crippen LogP contribution in [-0.2, 0) is 13.1 Å². The normalized spacial score (nSPS) is 11.0. The molecule has 0 bridgehead atoms. The van der Waals surface area contributed by atoms with Crippen LogP contribution < -0.4 is 5.32 Å². The van der Waals surface area contributed by atoms with Crippen molar-refractivity contribution >= 4 is 26.7 Å². The van der Waals surface area contributed by atoms with Crippen LogP contribution in [0.3, 0.4) is 0 Å². The van der Waals surface area contributed by atoms with E-state index in [4.69, 9.17) is 0 Å². The average Bonchev–Trinajstić information content (AvgIpc) is 2.51. The van der Waals surface area contributed by atoms with Crippen molar-refractivity contribution in [2.45, 2.75) is 13.1 Å². The summed E-state index contributed by atoms with van der Waals surface area (Å²) >= 11 is 3.17. The maximum atomic E-state index is 13.5. The molecule has 3 heteroatoms. The number of fused-ring (bicyclic) bond motifs is 1. The van der Waals surface area contributed by atoms with E-state index in [1.165, 1.54) is 16.3 Å². The van der Waals surface area contributed by atoms with Gasteiger partial charge in [-0.3, -0.25) is 0 Å². The first-order valence-corrected chi connectivity index (χ1v) is 7.64. The Morgan fingerprint density at radius 1 is 0.905 bits per heavy atom. The van der Waals surface area contributed by atoms with Gasteiger partial charge in [0.2, 0.25) is 0 Å². The zero-order chi connectivity index (χ0) is 14.7. The van der Waals surface area contributed by atoms with Crippen LogP contribution in [0.4, 0.5) is 4.39 Å². The van der Waals surface area contributed by atoms with Gasteiger partial charge in [-0.1, -0.05) is 48.5 Å². The molecular formula is C18H15BrFN. The molecule has 21 heavy (non-hydrogen) atoms. The zero-order valence-corrected chi connectivity index (χ0v) is 13.0. The van der Waals surface area contributed by atoms with E-state index in [9.17, 15) is 4.39 Å². The topological polar surface area (TPSA) is 12.0 Å². The molecule has 0 aliphatic rings. The Hall–Kier alpha value is -1.71. The van der Waals surface area contributed by atoms with Crippen LogP contribution in [0, 0.1) is 5.82 Å². The van der Waals surface area contributed by atoms with Crippen molar-refractivity contribution in [3.05, 3.63) is 82.1 Å². The van der Waals surface area contributed by atoms with E-state index in [1.807, 2.05) is 12.1 Å². The van der Waals surface area contributed by atoms with E-state index in [0.717, 1.165) is 12.1 Å². The van der Waals surface area contributed by atoms with Crippen LogP contribution >= 0.6 is 15.9 Å². The van der Waals surface area contributed by atoms with Gasteiger partial charge in [0.15, 0.2) is 0 Å². The molecule has 0 atom stereocenters. The van der Waals surface area contributed by atoms with Gasteiger partial charge in [0.25, 0.3) is 0 Å². The predicted molar refractivity (Wildman–Crippen MR) is 88.6 cm³/mol. The molecule has 3 aromatic carbocycles. The van der Waals surface area contributed by atoms with E-state index in [1.54, 1.807) is 12.1 Å². The molecule has 0 heterocycles. The summed E-state index contributed by atoms with van der Waals surface area (Å²) in [6.07, 6.45) is 0. The summed E-state index contributed by atoms with van der Waals surface area (Å²) in [5, 5.41) is 5.88. The highest BCUT2D eigenvalue weighted by Gasteiger charge is 2.02. The molecule has 1 N–H and O–H groups in total. The molecular weight excluding hydrogens is 329 g/mol. The molecule has 106 valence electrons. The van der Waals surface area contributed by atoms with E-state index < -0.39 is 0 Å². The van der Waals surface area contributed by atoms with Crippen molar-refractivity contribution in [1.82, 2.24) is 5.32 Å². The van der Waals surface area contributed by atoms with Gasteiger partial charge >= 0.3 is 0 Å². The molecule has 0 amide bonds. The first-order valence-electron chi connectivity index (χ1n) is 6.85. The minimum absolute atomic E-state index is 0.223. The van der Waals surface area contributed by atoms with Crippen molar-refractivity contribution in [1.29, 1.82) is 0 Å². The molecule has 3 aromatic rings. The molecule has 0 spiro atoms. The second-order valence-electron chi connectivity index (χ2n) is 4.99. The Morgan fingerprint density at radius 2 is 1.71 bits per heavy atom. The molecule has 0 aliphatic carbocycles. The van der Waals surface area contributed by atoms with Gasteiger partial charge in [-0.2, -0.15) is 0 Å². The van der Waals surface area contributed by atoms with Crippen LogP contribution in [0.5, 0.6) is 0 Å². The van der Waals surface area contributed by atoms with Gasteiger partial charge in [0.05, 0.1) is 4.47 Å². The Labute approximate surface area is 131 Å². The molecule has 0 aliphatic heterocycles. The Kier molecular flexibility index (Phi) is 4.32. The maximum Gasteiger partial charge on any atom is 0.137 e. The van der Waals surface area contributed by atoms with Crippen LogP contribution in [0.1, 0.15) is 11.1 Å². The summed E-state index contributed by atoms with van der Waals surface area (Å²) in [5.41, 5.74) is 2.20. The lowest BCUT2D eigenvalue weighted by atomic mass is 10.0. The minimum atomic E-state index is -0.223. The summed E-state index contributed by atoms with van der Waals surface area (Å²) in [7, 11) is 0. The standard InChI is InChI=1S/C18H15BrFN/c19-17-9-8-13(10-18(17)20)11-21-12-15-6-3-5-14-4-1-2-7-16(14)15/h1-10,21H,11-12H2. The van der Waals surface area contributed by atoms with Crippen LogP contribution in [-0.4, -0.2) is 0 Å². The SMILES string of the molecule is Fc1cc(CNCc2cccc3ccccc23)ccc1Br. The summed E-state index contributed by atoms with van der Waals surface area (Å²) in [6, 6.07) is 19.9. The average molecular weight is 344 g/mol. The highest BCUT2D eigenvalue weighted by Crippen LogP contribution is 2.19. The Bertz CT molecular complexity index is 765. The van der Waals surface area contributed by atoms with Gasteiger partial charge in [0, 0.05) is 13.1 Å². The first-order chi connectivity index (χ1) is 10.2. The third-order valence-electron chi connectivity index (χ3n) is 3.51. The van der Waals surface area contributed by atoms with Gasteiger partial charge in [-0.15, -0.1) is 0 Å². The summed E-state index contributed by atoms with van der Waals surface area (Å²) in [4.78, 5) is 0. The van der Waals surface area contributed by atoms with Crippen molar-refractivity contribution in [3.8, 4) is 0 Å². The van der Waals surface area contributed by atoms with Crippen molar-refractivity contribution in [2.75, 3.05) is 0 Å². The van der Waals surface area contributed by atoms with Gasteiger partial charge < -0.3 is 5.32 Å². The molecule has 0 aromatic heterocycles. The second kappa shape index (κ2) is 6.37. The zero-order valence-electron chi connectivity index (χ0n) is 11.4. The Morgan fingerprint density at radius 3 is 2.57 bits per heavy atom. The van der Waals surface area contributed by atoms with Crippen molar-refractivity contribution < 1.29 is 4.39 Å². The van der Waals surface area contributed by atoms with Gasteiger partial charge in [-0.05, 0) is 50.0 Å². The summed E-state index contributed by atoms with van der Waals surface area (Å²) in [6.45, 7) is 1.41. The van der Waals surface area contributed by atoms with Gasteiger partial charge in [0.1, 0.15) is 5.82 Å². The van der Waals surface area contributed by atoms with E-state index in [0.29, 0.717) is 11.0 Å². The van der Waals surface area contributed by atoms with Crippen molar-refractivity contribution in [3.63, 3.8) is 0 Å². The predicted octanol–water partition coefficient (Wildman–Crippen LogP) is 5.03. The quantitative estimate of drug-likeness (QED) is 0.700. The monoisotopic (exact) mass is 343 g/mol. The molecule has 0 fully saturated rings. The van der Waals surface area contributed by atoms with Crippen LogP contribution in [0.25, 0.3) is 10.8 Å². The summed E-state index contributed by atoms with van der Waals surface area (Å²) in [5.74, 6) is -0.223. The Balaban J connectivity index is 1.70. The number of hydrogen-bond donors (Lipinski definition) is 1. The lowest BCUT2D eigenvalue weighted by Gasteiger charge is -2.09. The molecule has 1 nitrogen and oxygen atoms in total. The third-order valence-corrected chi connectivity index (χ3v) is 4.15. The fourth-order valence-corrected chi connectivity index (χ4v) is 2.68. The maximum absolute atomic E-state index is 13.5. The number of rotatable bonds is 4. The van der Waals surface area contributed by atoms with Gasteiger partial charge in [-0.25, -0.2) is 4.39 Å². The number of hydrogen-bond acceptors (Lipinski definition) is 1. The molecule has 0 saturated heterocycles. The second-order valence-corrected chi connectivity index (χ2v) is 5.84. The number of nitrogens with one attached hydrogen (secondary N) is 1. The van der Waals surface area contributed by atoms with E-state index in [2.05, 4.69) is 57.6 Å². The third kappa shape index (κ3) is 3.31. The number of halogens is 2. The largest absolute Gasteiger partial charge is 0.309 e. The lowest BCUT2D eigenvalue weighted by molar-refractivity contribution is 0.614. The van der Waals surface area contributed by atoms with Crippen molar-refractivity contribution in [2.24, 2.45) is 0 Å². The fourth-order valence-electron chi connectivity index (χ4n) is 2.44. The molecule has 3 rings (SSSR count). The van der Waals surface area contributed by atoms with E-state index in [-0.39, 0.29) is 5.82 Å². The highest BCUT2D eigenvalue weighted by molar-refractivity contribution is 9.10. The van der Waals surface area contributed by atoms with Crippen LogP contribution in [0.15, 0.2) is 65.1 Å². The highest BCUT2D eigenvalue weighted by atomic mass is 79.9. The fraction of sp³-hybridized carbons (Fsp3) is 0.111. The summed E-state index contributed by atoms with van der Waals surface area (Å²) < 4.78 is 14.0. The smallest absolute Gasteiger partial charge is 0.137 e. The first kappa shape index (κ1) is 14.2. The molecule has 0 unspecified atom stereocenters.